The second-order valence-electron chi connectivity index (χ2n) is 4.25. The van der Waals surface area contributed by atoms with Crippen molar-refractivity contribution in [2.24, 2.45) is 0 Å². The Labute approximate surface area is 148 Å². The summed E-state index contributed by atoms with van der Waals surface area (Å²) >= 11 is -0.260. The van der Waals surface area contributed by atoms with Gasteiger partial charge in [-0.3, -0.25) is 0 Å². The molecule has 0 saturated heterocycles. The minimum atomic E-state index is -0.260. The first-order valence-corrected chi connectivity index (χ1v) is 12.5. The Balaban J connectivity index is 0. The molecule has 0 aliphatic heterocycles. The molecular weight excluding hydrogens is 397 g/mol. The molecule has 0 fully saturated rings. The smallest absolute Gasteiger partial charge is 1.00 e. The van der Waals surface area contributed by atoms with Crippen LogP contribution in [0, 0.1) is 0 Å². The molecule has 1 aliphatic rings. The van der Waals surface area contributed by atoms with Gasteiger partial charge in [-0.15, -0.1) is 0 Å². The minimum Gasteiger partial charge on any atom is -1.00 e. The van der Waals surface area contributed by atoms with E-state index in [0.29, 0.717) is 5.21 Å². The molecule has 0 N–H and O–H groups in total. The predicted molar refractivity (Wildman–Crippen MR) is 70.8 cm³/mol. The Morgan fingerprint density at radius 2 is 1.63 bits per heavy atom. The van der Waals surface area contributed by atoms with Crippen LogP contribution in [0.2, 0.25) is 0 Å². The monoisotopic (exact) mass is 413 g/mol. The largest absolute Gasteiger partial charge is 1.00 e. The fourth-order valence-corrected chi connectivity index (χ4v) is 12.5. The summed E-state index contributed by atoms with van der Waals surface area (Å²) in [7, 11) is 0. The van der Waals surface area contributed by atoms with Gasteiger partial charge < -0.3 is 37.2 Å². The van der Waals surface area contributed by atoms with Crippen LogP contribution in [0.3, 0.4) is 0 Å². The number of hydrogen-bond acceptors (Lipinski definition) is 0. The van der Waals surface area contributed by atoms with E-state index in [1.807, 2.05) is 0 Å². The minimum absolute atomic E-state index is 0. The van der Waals surface area contributed by atoms with Gasteiger partial charge in [-0.05, 0) is 0 Å². The van der Waals surface area contributed by atoms with Gasteiger partial charge in [-0.25, -0.2) is 0 Å². The quantitative estimate of drug-likeness (QED) is 0.436. The summed E-state index contributed by atoms with van der Waals surface area (Å²) in [6, 6.07) is 9.00. The van der Waals surface area contributed by atoms with Crippen molar-refractivity contribution in [3.05, 3.63) is 41.0 Å². The van der Waals surface area contributed by atoms with Crippen LogP contribution >= 0.6 is 5.21 Å². The molecule has 105 valence electrons. The molecule has 2 rings (SSSR count). The van der Waals surface area contributed by atoms with Crippen LogP contribution in [0.5, 0.6) is 0 Å². The second-order valence-corrected chi connectivity index (χ2v) is 14.8. The Kier molecular flexibility index (Phi) is 12.8. The Bertz CT molecular complexity index is 405. The average molecular weight is 416 g/mol. The normalized spacial score (nSPS) is 15.4. The maximum absolute atomic E-state index is 2.42. The summed E-state index contributed by atoms with van der Waals surface area (Å²) in [5, 5.41) is 0.411. The first-order chi connectivity index (χ1) is 7.76. The van der Waals surface area contributed by atoms with E-state index < -0.39 is 0 Å². The van der Waals surface area contributed by atoms with Crippen molar-refractivity contribution in [2.45, 2.75) is 24.4 Å². The van der Waals surface area contributed by atoms with Gasteiger partial charge in [0.2, 0.25) is 0 Å². The first-order valence-electron chi connectivity index (χ1n) is 6.04. The van der Waals surface area contributed by atoms with Crippen molar-refractivity contribution in [1.29, 1.82) is 0 Å². The fourth-order valence-electron chi connectivity index (χ4n) is 2.24. The van der Waals surface area contributed by atoms with Crippen LogP contribution in [0.15, 0.2) is 29.8 Å². The average Bonchev–Trinajstić information content (AvgIpc) is 2.62. The Hall–Kier alpha value is 1.14. The molecule has 0 aromatic heterocycles. The van der Waals surface area contributed by atoms with E-state index in [1.165, 1.54) is 17.9 Å². The van der Waals surface area contributed by atoms with Crippen molar-refractivity contribution < 1.29 is 59.9 Å². The molecule has 0 saturated carbocycles. The predicted octanol–water partition coefficient (Wildman–Crippen LogP) is -4.32. The number of hydrogen-bond donors (Lipinski definition) is 0. The van der Waals surface area contributed by atoms with Crippen molar-refractivity contribution >= 4 is 11.3 Å². The second kappa shape index (κ2) is 10.8. The van der Waals surface area contributed by atoms with Crippen LogP contribution in [-0.4, -0.2) is 12.3 Å². The van der Waals surface area contributed by atoms with E-state index >= 15 is 0 Å². The van der Waals surface area contributed by atoms with Gasteiger partial charge in [0.15, 0.2) is 0 Å². The molecule has 0 radical (unpaired) electrons. The SMILES string of the molecule is CC[P](CC)[Zr+3][CH]1C(C)=Cc2ccccc21.[Cl-].[Cl-].[Cl-]. The van der Waals surface area contributed by atoms with E-state index in [-0.39, 0.29) is 59.9 Å². The zero-order chi connectivity index (χ0) is 11.5. The van der Waals surface area contributed by atoms with E-state index in [1.54, 1.807) is 11.1 Å². The topological polar surface area (TPSA) is 0 Å². The van der Waals surface area contributed by atoms with Crippen LogP contribution in [0.4, 0.5) is 0 Å². The van der Waals surface area contributed by atoms with Crippen molar-refractivity contribution in [2.75, 3.05) is 12.3 Å². The zero-order valence-corrected chi connectivity index (χ0v) is 17.1. The zero-order valence-electron chi connectivity index (χ0n) is 11.5. The third-order valence-electron chi connectivity index (χ3n) is 3.22. The number of benzene rings is 1. The summed E-state index contributed by atoms with van der Waals surface area (Å²) in [4.78, 5) is 0. The fraction of sp³-hybridized carbons (Fsp3) is 0.429. The molecule has 0 spiro atoms. The molecule has 1 unspecified atom stereocenters. The molecule has 0 amide bonds. The number of halogens is 3. The van der Waals surface area contributed by atoms with E-state index in [2.05, 4.69) is 51.1 Å². The van der Waals surface area contributed by atoms with Gasteiger partial charge in [-0.1, -0.05) is 0 Å². The molecule has 1 aliphatic carbocycles. The third kappa shape index (κ3) is 5.45. The van der Waals surface area contributed by atoms with Gasteiger partial charge in [0, 0.05) is 0 Å². The molecular formula is C14H19Cl3PZr. The van der Waals surface area contributed by atoms with E-state index in [9.17, 15) is 0 Å². The van der Waals surface area contributed by atoms with Crippen LogP contribution in [0.1, 0.15) is 35.5 Å². The van der Waals surface area contributed by atoms with Crippen molar-refractivity contribution in [3.63, 3.8) is 0 Å². The summed E-state index contributed by atoms with van der Waals surface area (Å²) < 4.78 is 0.880. The molecule has 0 heterocycles. The van der Waals surface area contributed by atoms with Crippen molar-refractivity contribution in [3.8, 4) is 0 Å². The van der Waals surface area contributed by atoms with Crippen LogP contribution in [0.25, 0.3) is 6.08 Å². The summed E-state index contributed by atoms with van der Waals surface area (Å²) in [6.07, 6.45) is 5.31. The van der Waals surface area contributed by atoms with Crippen LogP contribution in [-0.2, 0) is 22.7 Å². The third-order valence-corrected chi connectivity index (χ3v) is 16.5. The molecule has 19 heavy (non-hydrogen) atoms. The number of rotatable bonds is 4. The molecule has 1 atom stereocenters. The van der Waals surface area contributed by atoms with Crippen LogP contribution < -0.4 is 37.2 Å². The van der Waals surface area contributed by atoms with E-state index in [0.717, 1.165) is 3.63 Å². The Morgan fingerprint density at radius 3 is 2.21 bits per heavy atom. The number of fused-ring (bicyclic) bond motifs is 1. The van der Waals surface area contributed by atoms with Crippen molar-refractivity contribution in [1.82, 2.24) is 0 Å². The van der Waals surface area contributed by atoms with Gasteiger partial charge in [0.1, 0.15) is 0 Å². The summed E-state index contributed by atoms with van der Waals surface area (Å²) in [5.41, 5.74) is 4.77. The van der Waals surface area contributed by atoms with Gasteiger partial charge in [0.05, 0.1) is 0 Å². The molecule has 0 bridgehead atoms. The first kappa shape index (κ1) is 22.4. The van der Waals surface area contributed by atoms with Gasteiger partial charge in [0.25, 0.3) is 0 Å². The van der Waals surface area contributed by atoms with Gasteiger partial charge >= 0.3 is 112 Å². The molecule has 1 aromatic rings. The number of allylic oxidation sites excluding steroid dienone is 1. The maximum Gasteiger partial charge on any atom is -1.00 e. The standard InChI is InChI=1S/C10H9.C4H10P.3ClH.Zr/c1-8-6-9-4-2-3-5-10(9)7-8;1-3-5-4-2;;;;/h2-7H,1H3;3-4H2,1-2H3;3*1H;/q;-1;;;;+4/p-3. The maximum atomic E-state index is 2.42. The summed E-state index contributed by atoms with van der Waals surface area (Å²) in [6.45, 7) is 7.11. The van der Waals surface area contributed by atoms with E-state index in [4.69, 9.17) is 0 Å². The molecule has 5 heteroatoms. The molecule has 1 aromatic carbocycles. The summed E-state index contributed by atoms with van der Waals surface area (Å²) in [5.74, 6) is 0. The Morgan fingerprint density at radius 1 is 1.05 bits per heavy atom. The van der Waals surface area contributed by atoms with Gasteiger partial charge in [-0.2, -0.15) is 0 Å². The molecule has 0 nitrogen and oxygen atoms in total.